The molecule has 1 fully saturated rings. The molecule has 10 heavy (non-hydrogen) atoms. The molecule has 0 aromatic rings. The Hall–Kier alpha value is -0.0200. The van der Waals surface area contributed by atoms with E-state index in [4.69, 9.17) is 0 Å². The maximum atomic E-state index is 10.8. The molecule has 1 aliphatic rings. The van der Waals surface area contributed by atoms with E-state index in [2.05, 4.69) is 17.5 Å². The highest BCUT2D eigenvalue weighted by molar-refractivity contribution is 7.96. The smallest absolute Gasteiger partial charge is 0.190 e. The van der Waals surface area contributed by atoms with Gasteiger partial charge in [0.1, 0.15) is 0 Å². The van der Waals surface area contributed by atoms with Crippen LogP contribution in [0.15, 0.2) is 0 Å². The number of carbonyl (C=O) groups is 1. The molecular formula is C7H13NOS. The molecule has 1 saturated heterocycles. The highest BCUT2D eigenvalue weighted by atomic mass is 32.1. The van der Waals surface area contributed by atoms with Crippen molar-refractivity contribution in [3.8, 4) is 0 Å². The van der Waals surface area contributed by atoms with Gasteiger partial charge in [-0.15, -0.1) is 12.6 Å². The van der Waals surface area contributed by atoms with Crippen LogP contribution < -0.4 is 0 Å². The second-order valence-corrected chi connectivity index (χ2v) is 3.38. The molecule has 2 nitrogen and oxygen atoms in total. The van der Waals surface area contributed by atoms with Gasteiger partial charge in [0.05, 0.1) is 0 Å². The third kappa shape index (κ3) is 1.99. The van der Waals surface area contributed by atoms with E-state index in [0.717, 1.165) is 25.9 Å². The quantitative estimate of drug-likeness (QED) is 0.571. The van der Waals surface area contributed by atoms with Crippen molar-refractivity contribution in [1.29, 1.82) is 0 Å². The number of thiol groups is 1. The summed E-state index contributed by atoms with van der Waals surface area (Å²) in [4.78, 5) is 13.0. The lowest BCUT2D eigenvalue weighted by molar-refractivity contribution is -0.115. The van der Waals surface area contributed by atoms with Crippen molar-refractivity contribution in [3.63, 3.8) is 0 Å². The van der Waals surface area contributed by atoms with Crippen LogP contribution in [0.2, 0.25) is 0 Å². The van der Waals surface area contributed by atoms with E-state index in [-0.39, 0.29) is 11.0 Å². The van der Waals surface area contributed by atoms with E-state index in [1.807, 2.05) is 7.05 Å². The van der Waals surface area contributed by atoms with Crippen LogP contribution in [0.5, 0.6) is 0 Å². The lowest BCUT2D eigenvalue weighted by atomic mass is 10.0. The molecule has 1 aliphatic heterocycles. The Morgan fingerprint density at radius 2 is 2.40 bits per heavy atom. The van der Waals surface area contributed by atoms with Gasteiger partial charge in [-0.25, -0.2) is 0 Å². The number of carbonyl (C=O) groups excluding carboxylic acids is 1. The third-order valence-corrected chi connectivity index (χ3v) is 2.34. The van der Waals surface area contributed by atoms with E-state index >= 15 is 0 Å². The van der Waals surface area contributed by atoms with Crippen LogP contribution >= 0.6 is 12.6 Å². The highest BCUT2D eigenvalue weighted by Crippen LogP contribution is 2.16. The number of piperidine rings is 1. The van der Waals surface area contributed by atoms with Crippen molar-refractivity contribution in [1.82, 2.24) is 4.90 Å². The summed E-state index contributed by atoms with van der Waals surface area (Å²) in [5, 5.41) is 0.0477. The molecule has 0 aliphatic carbocycles. The molecule has 1 rings (SSSR count). The van der Waals surface area contributed by atoms with Gasteiger partial charge in [0, 0.05) is 12.5 Å². The molecule has 58 valence electrons. The number of hydrogen-bond acceptors (Lipinski definition) is 2. The Bertz CT molecular complexity index is 138. The van der Waals surface area contributed by atoms with Crippen molar-refractivity contribution >= 4 is 17.7 Å². The largest absolute Gasteiger partial charge is 0.306 e. The zero-order chi connectivity index (χ0) is 7.56. The third-order valence-electron chi connectivity index (χ3n) is 1.97. The van der Waals surface area contributed by atoms with E-state index in [9.17, 15) is 4.79 Å². The number of rotatable bonds is 1. The normalized spacial score (nSPS) is 28.4. The van der Waals surface area contributed by atoms with Crippen LogP contribution in [-0.4, -0.2) is 30.2 Å². The van der Waals surface area contributed by atoms with Crippen molar-refractivity contribution in [2.75, 3.05) is 20.1 Å². The fourth-order valence-electron chi connectivity index (χ4n) is 1.37. The van der Waals surface area contributed by atoms with Crippen LogP contribution in [0, 0.1) is 5.92 Å². The lowest BCUT2D eigenvalue weighted by Crippen LogP contribution is -2.34. The average Bonchev–Trinajstić information content (AvgIpc) is 1.88. The SMILES string of the molecule is CN1CCCC(C(=O)S)C1. The van der Waals surface area contributed by atoms with Gasteiger partial charge in [-0.3, -0.25) is 4.79 Å². The van der Waals surface area contributed by atoms with Crippen LogP contribution in [0.4, 0.5) is 0 Å². The number of likely N-dealkylation sites (tertiary alicyclic amines) is 1. The molecule has 0 bridgehead atoms. The molecule has 0 N–H and O–H groups in total. The summed E-state index contributed by atoms with van der Waals surface area (Å²) in [6.07, 6.45) is 2.15. The van der Waals surface area contributed by atoms with Gasteiger partial charge in [0.2, 0.25) is 0 Å². The van der Waals surface area contributed by atoms with Crippen LogP contribution in [-0.2, 0) is 4.79 Å². The van der Waals surface area contributed by atoms with Gasteiger partial charge in [-0.1, -0.05) is 0 Å². The van der Waals surface area contributed by atoms with Gasteiger partial charge < -0.3 is 4.90 Å². The van der Waals surface area contributed by atoms with Crippen LogP contribution in [0.3, 0.4) is 0 Å². The van der Waals surface area contributed by atoms with Crippen LogP contribution in [0.1, 0.15) is 12.8 Å². The zero-order valence-electron chi connectivity index (χ0n) is 6.21. The Kier molecular flexibility index (Phi) is 2.74. The predicted molar refractivity (Wildman–Crippen MR) is 44.2 cm³/mol. The Labute approximate surface area is 67.0 Å². The first-order valence-corrected chi connectivity index (χ1v) is 4.06. The predicted octanol–water partition coefficient (Wildman–Crippen LogP) is 0.785. The molecule has 1 heterocycles. The van der Waals surface area contributed by atoms with Gasteiger partial charge in [0.15, 0.2) is 5.12 Å². The molecule has 1 unspecified atom stereocenters. The minimum atomic E-state index is 0.0477. The molecule has 0 radical (unpaired) electrons. The Morgan fingerprint density at radius 1 is 1.70 bits per heavy atom. The summed E-state index contributed by atoms with van der Waals surface area (Å²) in [5.41, 5.74) is 0. The summed E-state index contributed by atoms with van der Waals surface area (Å²) >= 11 is 3.82. The molecule has 3 heteroatoms. The zero-order valence-corrected chi connectivity index (χ0v) is 7.10. The maximum Gasteiger partial charge on any atom is 0.190 e. The first-order valence-electron chi connectivity index (χ1n) is 3.61. The van der Waals surface area contributed by atoms with Gasteiger partial charge in [-0.05, 0) is 26.4 Å². The van der Waals surface area contributed by atoms with Crippen molar-refractivity contribution in [3.05, 3.63) is 0 Å². The van der Waals surface area contributed by atoms with Crippen molar-refractivity contribution < 1.29 is 4.79 Å². The first kappa shape index (κ1) is 8.08. The summed E-state index contributed by atoms with van der Waals surface area (Å²) in [6.45, 7) is 2.01. The summed E-state index contributed by atoms with van der Waals surface area (Å²) in [5.74, 6) is 0.182. The molecule has 0 aromatic heterocycles. The molecule has 0 spiro atoms. The fraction of sp³-hybridized carbons (Fsp3) is 0.857. The summed E-state index contributed by atoms with van der Waals surface area (Å²) in [6, 6.07) is 0. The highest BCUT2D eigenvalue weighted by Gasteiger charge is 2.20. The van der Waals surface area contributed by atoms with E-state index in [1.54, 1.807) is 0 Å². The second-order valence-electron chi connectivity index (χ2n) is 2.94. The van der Waals surface area contributed by atoms with Gasteiger partial charge in [0.25, 0.3) is 0 Å². The summed E-state index contributed by atoms with van der Waals surface area (Å²) < 4.78 is 0. The van der Waals surface area contributed by atoms with Crippen molar-refractivity contribution in [2.24, 2.45) is 5.92 Å². The Balaban J connectivity index is 2.39. The summed E-state index contributed by atoms with van der Waals surface area (Å²) in [7, 11) is 2.04. The monoisotopic (exact) mass is 159 g/mol. The van der Waals surface area contributed by atoms with E-state index < -0.39 is 0 Å². The number of hydrogen-bond donors (Lipinski definition) is 1. The van der Waals surface area contributed by atoms with Crippen LogP contribution in [0.25, 0.3) is 0 Å². The molecular weight excluding hydrogens is 146 g/mol. The fourth-order valence-corrected chi connectivity index (χ4v) is 1.58. The topological polar surface area (TPSA) is 20.3 Å². The second kappa shape index (κ2) is 3.39. The molecule has 0 saturated carbocycles. The van der Waals surface area contributed by atoms with Gasteiger partial charge in [-0.2, -0.15) is 0 Å². The van der Waals surface area contributed by atoms with Crippen molar-refractivity contribution in [2.45, 2.75) is 12.8 Å². The minimum Gasteiger partial charge on any atom is -0.306 e. The lowest BCUT2D eigenvalue weighted by Gasteiger charge is -2.27. The van der Waals surface area contributed by atoms with E-state index in [1.165, 1.54) is 0 Å². The number of nitrogens with zero attached hydrogens (tertiary/aromatic N) is 1. The average molecular weight is 159 g/mol. The standard InChI is InChI=1S/C7H13NOS/c1-8-4-2-3-6(5-8)7(9)10/h6H,2-5H2,1H3,(H,9,10). The molecule has 1 atom stereocenters. The maximum absolute atomic E-state index is 10.8. The minimum absolute atomic E-state index is 0.0477. The van der Waals surface area contributed by atoms with E-state index in [0.29, 0.717) is 0 Å². The first-order chi connectivity index (χ1) is 4.70. The Morgan fingerprint density at radius 3 is 2.80 bits per heavy atom. The molecule has 0 amide bonds. The van der Waals surface area contributed by atoms with Gasteiger partial charge >= 0.3 is 0 Å². The molecule has 0 aromatic carbocycles.